The van der Waals surface area contributed by atoms with Crippen LogP contribution in [-0.4, -0.2) is 22.5 Å². The Morgan fingerprint density at radius 2 is 1.84 bits per heavy atom. The Balaban J connectivity index is 1.60. The number of nitrogens with two attached hydrogens (primary N) is 2. The van der Waals surface area contributed by atoms with Gasteiger partial charge in [0.25, 0.3) is 5.56 Å². The summed E-state index contributed by atoms with van der Waals surface area (Å²) in [5.74, 6) is -0.451. The molecular formula is C17H22BrN3O4. The smallest absolute Gasteiger partial charge is 0.254 e. The topological polar surface area (TPSA) is 117 Å². The van der Waals surface area contributed by atoms with Crippen molar-refractivity contribution in [3.8, 4) is 5.75 Å². The van der Waals surface area contributed by atoms with Crippen LogP contribution in [0.15, 0.2) is 21.5 Å². The second-order valence-corrected chi connectivity index (χ2v) is 7.95. The summed E-state index contributed by atoms with van der Waals surface area (Å²) in [6, 6.07) is 1.47. The molecule has 1 aromatic heterocycles. The SMILES string of the molecule is Cn1cc(Br)c(O[C@H]2CC[C@H](C3CC3(C(N)=O)C(N)=O)CC2)cc1=O. The van der Waals surface area contributed by atoms with Crippen LogP contribution in [0.4, 0.5) is 0 Å². The number of halogens is 1. The van der Waals surface area contributed by atoms with Crippen LogP contribution >= 0.6 is 15.9 Å². The number of aryl methyl sites for hydroxylation is 1. The van der Waals surface area contributed by atoms with Crippen molar-refractivity contribution in [2.45, 2.75) is 38.2 Å². The molecule has 25 heavy (non-hydrogen) atoms. The van der Waals surface area contributed by atoms with Gasteiger partial charge in [-0.2, -0.15) is 0 Å². The Bertz CT molecular complexity index is 754. The fraction of sp³-hybridized carbons (Fsp3) is 0.588. The van der Waals surface area contributed by atoms with Crippen LogP contribution < -0.4 is 21.8 Å². The molecule has 0 spiro atoms. The van der Waals surface area contributed by atoms with Gasteiger partial charge in [-0.15, -0.1) is 0 Å². The highest BCUT2D eigenvalue weighted by Gasteiger charge is 2.66. The molecule has 3 rings (SSSR count). The molecule has 2 saturated carbocycles. The van der Waals surface area contributed by atoms with E-state index < -0.39 is 17.2 Å². The van der Waals surface area contributed by atoms with Gasteiger partial charge in [-0.25, -0.2) is 0 Å². The van der Waals surface area contributed by atoms with E-state index in [2.05, 4.69) is 15.9 Å². The highest BCUT2D eigenvalue weighted by Crippen LogP contribution is 2.59. The second kappa shape index (κ2) is 6.48. The van der Waals surface area contributed by atoms with Crippen molar-refractivity contribution >= 4 is 27.7 Å². The molecule has 8 heteroatoms. The molecule has 2 amide bonds. The number of carbonyl (C=O) groups excluding carboxylic acids is 2. The lowest BCUT2D eigenvalue weighted by atomic mass is 9.81. The van der Waals surface area contributed by atoms with Crippen molar-refractivity contribution in [3.63, 3.8) is 0 Å². The van der Waals surface area contributed by atoms with Crippen LogP contribution in [0.1, 0.15) is 32.1 Å². The number of aromatic nitrogens is 1. The summed E-state index contributed by atoms with van der Waals surface area (Å²) in [6.07, 6.45) is 5.46. The number of pyridine rings is 1. The minimum absolute atomic E-state index is 0.00922. The molecule has 2 fully saturated rings. The number of carbonyl (C=O) groups is 2. The van der Waals surface area contributed by atoms with Crippen LogP contribution in [0.3, 0.4) is 0 Å². The van der Waals surface area contributed by atoms with Gasteiger partial charge < -0.3 is 20.8 Å². The van der Waals surface area contributed by atoms with Crippen LogP contribution in [0, 0.1) is 17.3 Å². The maximum atomic E-state index is 11.8. The Hall–Kier alpha value is -1.83. The zero-order chi connectivity index (χ0) is 18.4. The van der Waals surface area contributed by atoms with Gasteiger partial charge in [-0.3, -0.25) is 14.4 Å². The summed E-state index contributed by atoms with van der Waals surface area (Å²) in [6.45, 7) is 0. The Kier molecular flexibility index (Phi) is 4.66. The Morgan fingerprint density at radius 3 is 2.36 bits per heavy atom. The number of hydrogen-bond acceptors (Lipinski definition) is 4. The maximum absolute atomic E-state index is 11.8. The molecule has 0 radical (unpaired) electrons. The first kappa shape index (κ1) is 18.0. The largest absolute Gasteiger partial charge is 0.489 e. The second-order valence-electron chi connectivity index (χ2n) is 7.10. The monoisotopic (exact) mass is 411 g/mol. The average Bonchev–Trinajstić information content (AvgIpc) is 3.30. The van der Waals surface area contributed by atoms with Crippen LogP contribution in [0.5, 0.6) is 5.75 Å². The fourth-order valence-electron chi connectivity index (χ4n) is 4.00. The number of rotatable bonds is 5. The van der Waals surface area contributed by atoms with E-state index in [-0.39, 0.29) is 23.5 Å². The van der Waals surface area contributed by atoms with Crippen molar-refractivity contribution in [1.29, 1.82) is 0 Å². The lowest BCUT2D eigenvalue weighted by molar-refractivity contribution is -0.134. The molecule has 1 aromatic rings. The van der Waals surface area contributed by atoms with Gasteiger partial charge in [-0.1, -0.05) is 0 Å². The van der Waals surface area contributed by atoms with Crippen molar-refractivity contribution in [2.24, 2.45) is 35.8 Å². The van der Waals surface area contributed by atoms with Crippen molar-refractivity contribution in [1.82, 2.24) is 4.57 Å². The lowest BCUT2D eigenvalue weighted by Gasteiger charge is -2.30. The standard InChI is InChI=1S/C17H22BrN3O4/c1-21-8-12(18)13(6-14(21)22)25-10-4-2-9(3-5-10)11-7-17(11,15(19)23)16(20)24/h6,8-11H,2-5,7H2,1H3,(H2,19,23)(H2,20,24)/t9-,10-,11?. The molecule has 1 atom stereocenters. The average molecular weight is 412 g/mol. The van der Waals surface area contributed by atoms with Gasteiger partial charge in [0.15, 0.2) is 0 Å². The zero-order valence-corrected chi connectivity index (χ0v) is 15.6. The third-order valence-corrected chi connectivity index (χ3v) is 6.22. The molecule has 0 saturated heterocycles. The Morgan fingerprint density at radius 1 is 1.24 bits per heavy atom. The molecule has 0 bridgehead atoms. The van der Waals surface area contributed by atoms with Gasteiger partial charge in [-0.05, 0) is 59.9 Å². The summed E-state index contributed by atoms with van der Waals surface area (Å²) >= 11 is 3.41. The predicted octanol–water partition coefficient (Wildman–Crippen LogP) is 1.06. The number of ether oxygens (including phenoxy) is 1. The first-order chi connectivity index (χ1) is 11.8. The van der Waals surface area contributed by atoms with E-state index in [1.54, 1.807) is 13.2 Å². The van der Waals surface area contributed by atoms with E-state index in [0.29, 0.717) is 12.2 Å². The first-order valence-electron chi connectivity index (χ1n) is 8.38. The molecule has 1 heterocycles. The van der Waals surface area contributed by atoms with Gasteiger partial charge in [0.05, 0.1) is 10.6 Å². The zero-order valence-electron chi connectivity index (χ0n) is 14.0. The first-order valence-corrected chi connectivity index (χ1v) is 9.17. The summed E-state index contributed by atoms with van der Waals surface area (Å²) in [7, 11) is 1.68. The predicted molar refractivity (Wildman–Crippen MR) is 94.7 cm³/mol. The van der Waals surface area contributed by atoms with Gasteiger partial charge in [0, 0.05) is 19.3 Å². The molecule has 136 valence electrons. The quantitative estimate of drug-likeness (QED) is 0.704. The van der Waals surface area contributed by atoms with Crippen molar-refractivity contribution in [2.75, 3.05) is 0 Å². The molecule has 2 aliphatic rings. The van der Waals surface area contributed by atoms with E-state index in [9.17, 15) is 14.4 Å². The third kappa shape index (κ3) is 3.19. The van der Waals surface area contributed by atoms with Gasteiger partial charge in [0.1, 0.15) is 11.2 Å². The number of nitrogens with zero attached hydrogens (tertiary/aromatic N) is 1. The van der Waals surface area contributed by atoms with Crippen LogP contribution in [0.25, 0.3) is 0 Å². The third-order valence-electron chi connectivity index (χ3n) is 5.62. The van der Waals surface area contributed by atoms with E-state index in [0.717, 1.165) is 30.2 Å². The molecule has 0 aromatic carbocycles. The summed E-state index contributed by atoms with van der Waals surface area (Å²) in [5.41, 5.74) is 9.53. The Labute approximate surface area is 153 Å². The van der Waals surface area contributed by atoms with E-state index in [1.807, 2.05) is 0 Å². The highest BCUT2D eigenvalue weighted by molar-refractivity contribution is 9.10. The van der Waals surface area contributed by atoms with Crippen LogP contribution in [0.2, 0.25) is 0 Å². The molecule has 0 aliphatic heterocycles. The minimum Gasteiger partial charge on any atom is -0.489 e. The molecule has 2 aliphatic carbocycles. The highest BCUT2D eigenvalue weighted by atomic mass is 79.9. The van der Waals surface area contributed by atoms with E-state index >= 15 is 0 Å². The van der Waals surface area contributed by atoms with Crippen molar-refractivity contribution < 1.29 is 14.3 Å². The van der Waals surface area contributed by atoms with Gasteiger partial charge in [0.2, 0.25) is 11.8 Å². The minimum atomic E-state index is -1.15. The summed E-state index contributed by atoms with van der Waals surface area (Å²) < 4.78 is 8.19. The van der Waals surface area contributed by atoms with Crippen LogP contribution in [-0.2, 0) is 16.6 Å². The van der Waals surface area contributed by atoms with Gasteiger partial charge >= 0.3 is 0 Å². The van der Waals surface area contributed by atoms with E-state index in [1.165, 1.54) is 10.6 Å². The number of primary amides is 2. The van der Waals surface area contributed by atoms with Crippen molar-refractivity contribution in [3.05, 3.63) is 27.1 Å². The number of amides is 2. The molecule has 1 unspecified atom stereocenters. The maximum Gasteiger partial charge on any atom is 0.254 e. The molecule has 7 nitrogen and oxygen atoms in total. The summed E-state index contributed by atoms with van der Waals surface area (Å²) in [5, 5.41) is 0. The normalized spacial score (nSPS) is 27.5. The lowest BCUT2D eigenvalue weighted by Crippen LogP contribution is -2.40. The number of hydrogen-bond donors (Lipinski definition) is 2. The molecule has 4 N–H and O–H groups in total. The summed E-state index contributed by atoms with van der Waals surface area (Å²) in [4.78, 5) is 35.0. The molecular weight excluding hydrogens is 390 g/mol. The fourth-order valence-corrected chi connectivity index (χ4v) is 4.52. The van der Waals surface area contributed by atoms with E-state index in [4.69, 9.17) is 16.2 Å².